The first-order valence-electron chi connectivity index (χ1n) is 5.06. The van der Waals surface area contributed by atoms with Gasteiger partial charge in [0.2, 0.25) is 15.9 Å². The van der Waals surface area contributed by atoms with E-state index in [1.807, 2.05) is 0 Å². The van der Waals surface area contributed by atoms with Crippen LogP contribution in [-0.4, -0.2) is 45.0 Å². The number of unbranched alkanes of at least 4 members (excludes halogenated alkanes) is 2. The highest BCUT2D eigenvalue weighted by Crippen LogP contribution is 1.93. The Labute approximate surface area is 91.9 Å². The van der Waals surface area contributed by atoms with Gasteiger partial charge in [0.15, 0.2) is 0 Å². The molecule has 15 heavy (non-hydrogen) atoms. The Morgan fingerprint density at radius 2 is 1.93 bits per heavy atom. The number of amides is 1. The summed E-state index contributed by atoms with van der Waals surface area (Å²) in [5, 5.41) is 2.68. The summed E-state index contributed by atoms with van der Waals surface area (Å²) in [5.41, 5.74) is 0. The molecule has 0 aromatic carbocycles. The van der Waals surface area contributed by atoms with Gasteiger partial charge in [-0.3, -0.25) is 4.79 Å². The Morgan fingerprint density at radius 1 is 1.33 bits per heavy atom. The molecule has 0 aliphatic heterocycles. The zero-order valence-electron chi connectivity index (χ0n) is 9.62. The van der Waals surface area contributed by atoms with Gasteiger partial charge in [-0.1, -0.05) is 19.8 Å². The number of rotatable bonds is 7. The summed E-state index contributed by atoms with van der Waals surface area (Å²) in [7, 11) is -1.87. The summed E-state index contributed by atoms with van der Waals surface area (Å²) in [4.78, 5) is 11.2. The van der Waals surface area contributed by atoms with Gasteiger partial charge in [0.25, 0.3) is 0 Å². The smallest absolute Gasteiger partial charge is 0.235 e. The molecule has 90 valence electrons. The Hall–Kier alpha value is -0.620. The fourth-order valence-corrected chi connectivity index (χ4v) is 1.33. The van der Waals surface area contributed by atoms with Crippen LogP contribution in [0.5, 0.6) is 0 Å². The third kappa shape index (κ3) is 7.33. The molecule has 0 saturated heterocycles. The first kappa shape index (κ1) is 14.4. The maximum Gasteiger partial charge on any atom is 0.235 e. The van der Waals surface area contributed by atoms with Crippen molar-refractivity contribution < 1.29 is 13.2 Å². The standard InChI is InChI=1S/C9H20N2O3S/c1-4-5-6-7-10-9(12)8-11(2)15(3,13)14/h4-8H2,1-3H3,(H,10,12). The highest BCUT2D eigenvalue weighted by atomic mass is 32.2. The van der Waals surface area contributed by atoms with Crippen LogP contribution in [0.15, 0.2) is 0 Å². The van der Waals surface area contributed by atoms with Gasteiger partial charge in [-0.25, -0.2) is 8.42 Å². The van der Waals surface area contributed by atoms with E-state index in [0.29, 0.717) is 6.54 Å². The van der Waals surface area contributed by atoms with Crippen LogP contribution in [0.4, 0.5) is 0 Å². The number of carbonyl (C=O) groups excluding carboxylic acids is 1. The van der Waals surface area contributed by atoms with Gasteiger partial charge in [0.1, 0.15) is 0 Å². The molecule has 0 aliphatic rings. The molecule has 6 heteroatoms. The van der Waals surface area contributed by atoms with Crippen molar-refractivity contribution in [3.63, 3.8) is 0 Å². The number of nitrogens with one attached hydrogen (secondary N) is 1. The van der Waals surface area contributed by atoms with Gasteiger partial charge in [-0.05, 0) is 6.42 Å². The quantitative estimate of drug-likeness (QED) is 0.641. The molecule has 0 radical (unpaired) electrons. The van der Waals surface area contributed by atoms with Crippen molar-refractivity contribution in [3.05, 3.63) is 0 Å². The van der Waals surface area contributed by atoms with E-state index in [1.54, 1.807) is 0 Å². The van der Waals surface area contributed by atoms with Crippen molar-refractivity contribution >= 4 is 15.9 Å². The van der Waals surface area contributed by atoms with Gasteiger partial charge >= 0.3 is 0 Å². The minimum atomic E-state index is -3.26. The number of hydrogen-bond acceptors (Lipinski definition) is 3. The number of sulfonamides is 1. The highest BCUT2D eigenvalue weighted by Gasteiger charge is 2.14. The third-order valence-electron chi connectivity index (χ3n) is 2.03. The Balaban J connectivity index is 3.75. The number of likely N-dealkylation sites (N-methyl/N-ethyl adjacent to an activating group) is 1. The molecule has 0 unspecified atom stereocenters. The first-order chi connectivity index (χ1) is 6.88. The van der Waals surface area contributed by atoms with Crippen molar-refractivity contribution in [1.82, 2.24) is 9.62 Å². The molecule has 0 heterocycles. The van der Waals surface area contributed by atoms with Crippen molar-refractivity contribution in [2.45, 2.75) is 26.2 Å². The fraction of sp³-hybridized carbons (Fsp3) is 0.889. The van der Waals surface area contributed by atoms with Crippen LogP contribution in [0.3, 0.4) is 0 Å². The molecule has 0 aromatic rings. The largest absolute Gasteiger partial charge is 0.355 e. The lowest BCUT2D eigenvalue weighted by molar-refractivity contribution is -0.121. The maximum atomic E-state index is 11.2. The number of hydrogen-bond donors (Lipinski definition) is 1. The molecular formula is C9H20N2O3S. The topological polar surface area (TPSA) is 66.5 Å². The molecular weight excluding hydrogens is 216 g/mol. The Bertz CT molecular complexity index is 288. The van der Waals surface area contributed by atoms with E-state index in [1.165, 1.54) is 7.05 Å². The highest BCUT2D eigenvalue weighted by molar-refractivity contribution is 7.88. The van der Waals surface area contributed by atoms with Crippen molar-refractivity contribution in [3.8, 4) is 0 Å². The second-order valence-corrected chi connectivity index (χ2v) is 5.67. The first-order valence-corrected chi connectivity index (χ1v) is 6.90. The molecule has 0 atom stereocenters. The summed E-state index contributed by atoms with van der Waals surface area (Å²) in [5.74, 6) is -0.251. The van der Waals surface area contributed by atoms with Gasteiger partial charge in [0.05, 0.1) is 12.8 Å². The van der Waals surface area contributed by atoms with Crippen molar-refractivity contribution in [2.24, 2.45) is 0 Å². The zero-order chi connectivity index (χ0) is 11.9. The molecule has 1 amide bonds. The van der Waals surface area contributed by atoms with E-state index in [2.05, 4.69) is 12.2 Å². The van der Waals surface area contributed by atoms with Crippen LogP contribution >= 0.6 is 0 Å². The van der Waals surface area contributed by atoms with E-state index < -0.39 is 10.0 Å². The van der Waals surface area contributed by atoms with Crippen LogP contribution in [-0.2, 0) is 14.8 Å². The van der Waals surface area contributed by atoms with E-state index in [9.17, 15) is 13.2 Å². The van der Waals surface area contributed by atoms with Crippen molar-refractivity contribution in [2.75, 3.05) is 26.4 Å². The number of carbonyl (C=O) groups is 1. The lowest BCUT2D eigenvalue weighted by atomic mass is 10.2. The van der Waals surface area contributed by atoms with Gasteiger partial charge in [-0.15, -0.1) is 0 Å². The van der Waals surface area contributed by atoms with Crippen LogP contribution in [0.1, 0.15) is 26.2 Å². The van der Waals surface area contributed by atoms with Crippen LogP contribution in [0, 0.1) is 0 Å². The normalized spacial score (nSPS) is 11.7. The lowest BCUT2D eigenvalue weighted by Crippen LogP contribution is -2.38. The average Bonchev–Trinajstić information content (AvgIpc) is 2.11. The summed E-state index contributed by atoms with van der Waals surface area (Å²) in [6.45, 7) is 2.59. The minimum absolute atomic E-state index is 0.106. The number of nitrogens with zero attached hydrogens (tertiary/aromatic N) is 1. The molecule has 0 aromatic heterocycles. The molecule has 1 N–H and O–H groups in total. The second kappa shape index (κ2) is 6.79. The monoisotopic (exact) mass is 236 g/mol. The van der Waals surface area contributed by atoms with Crippen LogP contribution < -0.4 is 5.32 Å². The van der Waals surface area contributed by atoms with E-state index in [0.717, 1.165) is 29.8 Å². The molecule has 0 bridgehead atoms. The average molecular weight is 236 g/mol. The van der Waals surface area contributed by atoms with Crippen molar-refractivity contribution in [1.29, 1.82) is 0 Å². The van der Waals surface area contributed by atoms with E-state index in [-0.39, 0.29) is 12.5 Å². The van der Waals surface area contributed by atoms with E-state index >= 15 is 0 Å². The van der Waals surface area contributed by atoms with Gasteiger partial charge < -0.3 is 5.32 Å². The lowest BCUT2D eigenvalue weighted by Gasteiger charge is -2.13. The molecule has 5 nitrogen and oxygen atoms in total. The maximum absolute atomic E-state index is 11.2. The molecule has 0 fully saturated rings. The minimum Gasteiger partial charge on any atom is -0.355 e. The second-order valence-electron chi connectivity index (χ2n) is 3.58. The van der Waals surface area contributed by atoms with E-state index in [4.69, 9.17) is 0 Å². The van der Waals surface area contributed by atoms with Crippen LogP contribution in [0.25, 0.3) is 0 Å². The summed E-state index contributed by atoms with van der Waals surface area (Å²) < 4.78 is 23.0. The Kier molecular flexibility index (Phi) is 6.51. The SMILES string of the molecule is CCCCCNC(=O)CN(C)S(C)(=O)=O. The summed E-state index contributed by atoms with van der Waals surface area (Å²) in [6, 6.07) is 0. The molecule has 0 aliphatic carbocycles. The predicted molar refractivity (Wildman–Crippen MR) is 60.0 cm³/mol. The zero-order valence-corrected chi connectivity index (χ0v) is 10.4. The Morgan fingerprint density at radius 3 is 2.40 bits per heavy atom. The molecule has 0 saturated carbocycles. The summed E-state index contributed by atoms with van der Waals surface area (Å²) >= 11 is 0. The fourth-order valence-electron chi connectivity index (χ4n) is 0.978. The predicted octanol–water partition coefficient (Wildman–Crippen LogP) is 0.184. The third-order valence-corrected chi connectivity index (χ3v) is 3.30. The van der Waals surface area contributed by atoms with Gasteiger partial charge in [-0.2, -0.15) is 4.31 Å². The van der Waals surface area contributed by atoms with Crippen LogP contribution in [0.2, 0.25) is 0 Å². The summed E-state index contributed by atoms with van der Waals surface area (Å²) in [6.07, 6.45) is 4.18. The molecule has 0 rings (SSSR count). The molecule has 0 spiro atoms. The van der Waals surface area contributed by atoms with Gasteiger partial charge in [0, 0.05) is 13.6 Å².